The van der Waals surface area contributed by atoms with Crippen LogP contribution in [-0.2, 0) is 19.6 Å². The molecule has 10 heteroatoms. The molecule has 1 atom stereocenters. The van der Waals surface area contributed by atoms with Crippen molar-refractivity contribution in [2.45, 2.75) is 30.2 Å². The SMILES string of the molecule is O=C(c1ccc(S(=O)(=O)N2CCCC2)cc1)N1CCC(N2C(=O)COC2=O)C1. The van der Waals surface area contributed by atoms with Crippen molar-refractivity contribution in [2.75, 3.05) is 32.8 Å². The summed E-state index contributed by atoms with van der Waals surface area (Å²) in [5, 5.41) is 0. The van der Waals surface area contributed by atoms with Crippen molar-refractivity contribution in [1.29, 1.82) is 0 Å². The van der Waals surface area contributed by atoms with Gasteiger partial charge in [-0.25, -0.2) is 18.1 Å². The van der Waals surface area contributed by atoms with Gasteiger partial charge in [-0.15, -0.1) is 0 Å². The Hall–Kier alpha value is -2.46. The maximum atomic E-state index is 12.7. The number of nitrogens with zero attached hydrogens (tertiary/aromatic N) is 3. The molecule has 3 amide bonds. The van der Waals surface area contributed by atoms with Gasteiger partial charge in [-0.1, -0.05) is 0 Å². The van der Waals surface area contributed by atoms with Crippen molar-refractivity contribution in [2.24, 2.45) is 0 Å². The van der Waals surface area contributed by atoms with Crippen LogP contribution in [0.3, 0.4) is 0 Å². The summed E-state index contributed by atoms with van der Waals surface area (Å²) >= 11 is 0. The van der Waals surface area contributed by atoms with E-state index >= 15 is 0 Å². The molecule has 3 aliphatic heterocycles. The van der Waals surface area contributed by atoms with Gasteiger partial charge in [0.15, 0.2) is 6.61 Å². The molecule has 28 heavy (non-hydrogen) atoms. The van der Waals surface area contributed by atoms with Crippen molar-refractivity contribution in [3.8, 4) is 0 Å². The Balaban J connectivity index is 1.44. The Morgan fingerprint density at radius 2 is 1.71 bits per heavy atom. The van der Waals surface area contributed by atoms with Crippen molar-refractivity contribution >= 4 is 27.9 Å². The van der Waals surface area contributed by atoms with Crippen LogP contribution >= 0.6 is 0 Å². The van der Waals surface area contributed by atoms with Crippen LogP contribution in [0.1, 0.15) is 29.6 Å². The first kappa shape index (κ1) is 18.9. The first-order valence-corrected chi connectivity index (χ1v) is 10.7. The lowest BCUT2D eigenvalue weighted by Crippen LogP contribution is -2.42. The van der Waals surface area contributed by atoms with Gasteiger partial charge in [0.25, 0.3) is 11.8 Å². The highest BCUT2D eigenvalue weighted by Gasteiger charge is 2.41. The van der Waals surface area contributed by atoms with Crippen LogP contribution in [0.5, 0.6) is 0 Å². The number of imide groups is 1. The molecule has 0 saturated carbocycles. The molecular weight excluding hydrogens is 386 g/mol. The molecule has 3 heterocycles. The molecular formula is C18H21N3O6S. The standard InChI is InChI=1S/C18H21N3O6S/c22-16-12-27-18(24)21(16)14-7-10-19(11-14)17(23)13-3-5-15(6-4-13)28(25,26)20-8-1-2-9-20/h3-6,14H,1-2,7-12H2. The molecule has 9 nitrogen and oxygen atoms in total. The maximum absolute atomic E-state index is 12.7. The van der Waals surface area contributed by atoms with E-state index in [1.165, 1.54) is 28.6 Å². The molecule has 1 aromatic carbocycles. The summed E-state index contributed by atoms with van der Waals surface area (Å²) in [7, 11) is -3.52. The molecule has 0 N–H and O–H groups in total. The Morgan fingerprint density at radius 1 is 1.04 bits per heavy atom. The third kappa shape index (κ3) is 3.26. The van der Waals surface area contributed by atoms with Crippen molar-refractivity contribution in [3.63, 3.8) is 0 Å². The zero-order valence-electron chi connectivity index (χ0n) is 15.2. The van der Waals surface area contributed by atoms with E-state index in [0.717, 1.165) is 17.7 Å². The Bertz CT molecular complexity index is 892. The Kier molecular flexibility index (Phi) is 4.84. The van der Waals surface area contributed by atoms with Crippen molar-refractivity contribution in [1.82, 2.24) is 14.1 Å². The van der Waals surface area contributed by atoms with E-state index in [9.17, 15) is 22.8 Å². The second-order valence-corrected chi connectivity index (χ2v) is 9.09. The summed E-state index contributed by atoms with van der Waals surface area (Å²) in [5.41, 5.74) is 0.372. The summed E-state index contributed by atoms with van der Waals surface area (Å²) in [5.74, 6) is -0.645. The van der Waals surface area contributed by atoms with Crippen molar-refractivity contribution < 1.29 is 27.5 Å². The van der Waals surface area contributed by atoms with E-state index in [1.54, 1.807) is 4.90 Å². The van der Waals surface area contributed by atoms with Gasteiger partial charge in [-0.05, 0) is 43.5 Å². The van der Waals surface area contributed by atoms with Gasteiger partial charge in [-0.2, -0.15) is 4.31 Å². The molecule has 3 fully saturated rings. The fourth-order valence-corrected chi connectivity index (χ4v) is 5.40. The molecule has 0 bridgehead atoms. The summed E-state index contributed by atoms with van der Waals surface area (Å²) < 4.78 is 31.3. The largest absolute Gasteiger partial charge is 0.439 e. The van der Waals surface area contributed by atoms with Crippen LogP contribution in [-0.4, -0.2) is 79.3 Å². The van der Waals surface area contributed by atoms with Crippen LogP contribution in [0.2, 0.25) is 0 Å². The van der Waals surface area contributed by atoms with E-state index in [0.29, 0.717) is 31.6 Å². The first-order chi connectivity index (χ1) is 13.4. The van der Waals surface area contributed by atoms with Crippen LogP contribution < -0.4 is 0 Å². The summed E-state index contributed by atoms with van der Waals surface area (Å²) in [6.07, 6.45) is 1.55. The van der Waals surface area contributed by atoms with E-state index in [4.69, 9.17) is 4.74 Å². The molecule has 0 radical (unpaired) electrons. The van der Waals surface area contributed by atoms with Gasteiger partial charge in [-0.3, -0.25) is 9.59 Å². The smallest absolute Gasteiger partial charge is 0.417 e. The molecule has 0 spiro atoms. The zero-order chi connectivity index (χ0) is 19.9. The van der Waals surface area contributed by atoms with Gasteiger partial charge in [0, 0.05) is 31.7 Å². The quantitative estimate of drug-likeness (QED) is 0.726. The number of likely N-dealkylation sites (tertiary alicyclic amines) is 1. The lowest BCUT2D eigenvalue weighted by molar-refractivity contribution is -0.127. The average Bonchev–Trinajstić information content (AvgIpc) is 3.43. The van der Waals surface area contributed by atoms with Crippen LogP contribution in [0.25, 0.3) is 0 Å². The number of carbonyl (C=O) groups is 3. The third-order valence-corrected chi connectivity index (χ3v) is 7.32. The molecule has 4 rings (SSSR count). The number of benzene rings is 1. The monoisotopic (exact) mass is 407 g/mol. The minimum absolute atomic E-state index is 0.177. The fourth-order valence-electron chi connectivity index (χ4n) is 3.88. The highest BCUT2D eigenvalue weighted by Crippen LogP contribution is 2.24. The van der Waals surface area contributed by atoms with E-state index in [2.05, 4.69) is 0 Å². The first-order valence-electron chi connectivity index (χ1n) is 9.26. The summed E-state index contributed by atoms with van der Waals surface area (Å²) in [6.45, 7) is 1.45. The predicted octanol–water partition coefficient (Wildman–Crippen LogP) is 0.664. The molecule has 150 valence electrons. The van der Waals surface area contributed by atoms with Gasteiger partial charge >= 0.3 is 6.09 Å². The Labute approximate surface area is 162 Å². The zero-order valence-corrected chi connectivity index (χ0v) is 16.1. The summed E-state index contributed by atoms with van der Waals surface area (Å²) in [4.78, 5) is 39.0. The number of carbonyl (C=O) groups excluding carboxylic acids is 3. The van der Waals surface area contributed by atoms with Gasteiger partial charge in [0.2, 0.25) is 10.0 Å². The average molecular weight is 407 g/mol. The number of hydrogen-bond donors (Lipinski definition) is 0. The van der Waals surface area contributed by atoms with Gasteiger partial charge in [0.1, 0.15) is 0 Å². The molecule has 3 aliphatic rings. The molecule has 0 aliphatic carbocycles. The van der Waals surface area contributed by atoms with Crippen LogP contribution in [0, 0.1) is 0 Å². The number of rotatable bonds is 4. The van der Waals surface area contributed by atoms with Crippen molar-refractivity contribution in [3.05, 3.63) is 29.8 Å². The van der Waals surface area contributed by atoms with Crippen LogP contribution in [0.4, 0.5) is 4.79 Å². The Morgan fingerprint density at radius 3 is 2.32 bits per heavy atom. The van der Waals surface area contributed by atoms with Crippen LogP contribution in [0.15, 0.2) is 29.2 Å². The predicted molar refractivity (Wildman–Crippen MR) is 96.9 cm³/mol. The summed E-state index contributed by atoms with van der Waals surface area (Å²) in [6, 6.07) is 5.54. The topological polar surface area (TPSA) is 104 Å². The molecule has 3 saturated heterocycles. The van der Waals surface area contributed by atoms with E-state index < -0.39 is 16.1 Å². The highest BCUT2D eigenvalue weighted by atomic mass is 32.2. The highest BCUT2D eigenvalue weighted by molar-refractivity contribution is 7.89. The normalized spacial score (nSPS) is 23.5. The number of sulfonamides is 1. The third-order valence-electron chi connectivity index (χ3n) is 5.40. The number of ether oxygens (including phenoxy) is 1. The minimum atomic E-state index is -3.52. The molecule has 1 unspecified atom stereocenters. The lowest BCUT2D eigenvalue weighted by Gasteiger charge is -2.21. The number of hydrogen-bond acceptors (Lipinski definition) is 6. The lowest BCUT2D eigenvalue weighted by atomic mass is 10.2. The maximum Gasteiger partial charge on any atom is 0.417 e. The van der Waals surface area contributed by atoms with Gasteiger partial charge in [0.05, 0.1) is 10.9 Å². The van der Waals surface area contributed by atoms with E-state index in [-0.39, 0.29) is 35.9 Å². The van der Waals surface area contributed by atoms with Gasteiger partial charge < -0.3 is 9.64 Å². The van der Waals surface area contributed by atoms with E-state index in [1.807, 2.05) is 0 Å². The fraction of sp³-hybridized carbons (Fsp3) is 0.500. The molecule has 0 aromatic heterocycles. The molecule has 1 aromatic rings. The number of amides is 3. The second-order valence-electron chi connectivity index (χ2n) is 7.15. The minimum Gasteiger partial charge on any atom is -0.439 e. The second kappa shape index (κ2) is 7.17. The number of cyclic esters (lactones) is 1.